The van der Waals surface area contributed by atoms with Crippen molar-refractivity contribution in [3.8, 4) is 0 Å². The molecule has 1 N–H and O–H groups in total. The first-order valence-electron chi connectivity index (χ1n) is 10.3. The molecule has 2 fully saturated rings. The van der Waals surface area contributed by atoms with E-state index in [9.17, 15) is 22.4 Å². The van der Waals surface area contributed by atoms with Crippen LogP contribution in [0.1, 0.15) is 31.2 Å². The number of hydrogen-bond acceptors (Lipinski definition) is 4. The minimum absolute atomic E-state index is 0.0589. The maximum absolute atomic E-state index is 14.9. The predicted octanol–water partition coefficient (Wildman–Crippen LogP) is 4.26. The van der Waals surface area contributed by atoms with E-state index in [-0.39, 0.29) is 57.4 Å². The first kappa shape index (κ1) is 23.8. The Morgan fingerprint density at radius 1 is 1.26 bits per heavy atom. The van der Waals surface area contributed by atoms with Gasteiger partial charge in [-0.1, -0.05) is 29.8 Å². The molecular weight excluding hydrogens is 438 g/mol. The Balaban J connectivity index is 1.76. The summed E-state index contributed by atoms with van der Waals surface area (Å²) >= 11 is 6.32. The maximum atomic E-state index is 14.9. The molecule has 31 heavy (non-hydrogen) atoms. The minimum atomic E-state index is -4.35. The summed E-state index contributed by atoms with van der Waals surface area (Å²) in [6.07, 6.45) is -4.59. The lowest BCUT2D eigenvalue weighted by atomic mass is 9.86. The average Bonchev–Trinajstić information content (AvgIpc) is 3.10. The van der Waals surface area contributed by atoms with Crippen molar-refractivity contribution in [1.29, 1.82) is 5.41 Å². The van der Waals surface area contributed by atoms with Crippen LogP contribution >= 0.6 is 11.6 Å². The number of piperidine rings is 1. The highest BCUT2D eigenvalue weighted by Gasteiger charge is 2.47. The molecule has 1 aromatic rings. The van der Waals surface area contributed by atoms with Gasteiger partial charge in [0.05, 0.1) is 13.2 Å². The Kier molecular flexibility index (Phi) is 7.15. The van der Waals surface area contributed by atoms with E-state index in [1.165, 1.54) is 4.90 Å². The van der Waals surface area contributed by atoms with Crippen LogP contribution in [-0.4, -0.2) is 72.8 Å². The van der Waals surface area contributed by atoms with E-state index in [1.54, 1.807) is 36.1 Å². The highest BCUT2D eigenvalue weighted by Crippen LogP contribution is 2.39. The molecule has 2 saturated heterocycles. The largest absolute Gasteiger partial charge is 0.464 e. The third kappa shape index (κ3) is 5.49. The Bertz CT molecular complexity index is 812. The van der Waals surface area contributed by atoms with E-state index in [2.05, 4.69) is 0 Å². The van der Waals surface area contributed by atoms with E-state index in [0.29, 0.717) is 10.6 Å². The van der Waals surface area contributed by atoms with Crippen LogP contribution in [0.15, 0.2) is 24.3 Å². The van der Waals surface area contributed by atoms with Crippen LogP contribution in [0.5, 0.6) is 0 Å². The molecule has 2 atom stereocenters. The van der Waals surface area contributed by atoms with Crippen molar-refractivity contribution >= 4 is 23.4 Å². The zero-order valence-electron chi connectivity index (χ0n) is 17.2. The number of amidine groups is 1. The number of nitrogens with zero attached hydrogens (tertiary/aromatic N) is 2. The number of alkyl halides is 4. The van der Waals surface area contributed by atoms with Gasteiger partial charge in [0.25, 0.3) is 0 Å². The van der Waals surface area contributed by atoms with Gasteiger partial charge >= 0.3 is 12.1 Å². The molecule has 172 valence electrons. The van der Waals surface area contributed by atoms with Gasteiger partial charge in [-0.05, 0) is 18.6 Å². The van der Waals surface area contributed by atoms with Crippen LogP contribution in [-0.2, 0) is 9.53 Å². The minimum Gasteiger partial charge on any atom is -0.464 e. The molecule has 5 nitrogen and oxygen atoms in total. The predicted molar refractivity (Wildman–Crippen MR) is 109 cm³/mol. The van der Waals surface area contributed by atoms with E-state index in [4.69, 9.17) is 21.7 Å². The number of rotatable bonds is 5. The number of hydrogen-bond donors (Lipinski definition) is 1. The molecular formula is C21H26ClF4N3O2. The molecule has 2 aliphatic heterocycles. The summed E-state index contributed by atoms with van der Waals surface area (Å²) in [4.78, 5) is 14.8. The summed E-state index contributed by atoms with van der Waals surface area (Å²) < 4.78 is 58.7. The highest BCUT2D eigenvalue weighted by molar-refractivity contribution is 6.31. The number of benzene rings is 1. The Hall–Kier alpha value is -1.87. The molecule has 0 aromatic heterocycles. The molecule has 0 unspecified atom stereocenters. The van der Waals surface area contributed by atoms with Gasteiger partial charge in [-0.2, -0.15) is 13.2 Å². The number of carbonyl (C=O) groups is 1. The summed E-state index contributed by atoms with van der Waals surface area (Å²) in [5, 5.41) is 9.15. The summed E-state index contributed by atoms with van der Waals surface area (Å²) in [7, 11) is 0. The van der Waals surface area contributed by atoms with Crippen LogP contribution < -0.4 is 0 Å². The third-order valence-corrected chi connectivity index (χ3v) is 6.34. The van der Waals surface area contributed by atoms with Gasteiger partial charge < -0.3 is 9.64 Å². The average molecular weight is 464 g/mol. The van der Waals surface area contributed by atoms with Gasteiger partial charge in [0.1, 0.15) is 5.84 Å². The molecule has 0 saturated carbocycles. The second kappa shape index (κ2) is 9.32. The molecule has 1 aromatic carbocycles. The van der Waals surface area contributed by atoms with Crippen molar-refractivity contribution in [2.24, 2.45) is 5.92 Å². The summed E-state index contributed by atoms with van der Waals surface area (Å²) in [5.74, 6) is -1.64. The number of nitrogens with one attached hydrogen (secondary N) is 1. The van der Waals surface area contributed by atoms with Crippen LogP contribution in [0.25, 0.3) is 0 Å². The van der Waals surface area contributed by atoms with Crippen LogP contribution in [0, 0.1) is 11.3 Å². The van der Waals surface area contributed by atoms with Crippen molar-refractivity contribution in [3.63, 3.8) is 0 Å². The lowest BCUT2D eigenvalue weighted by molar-refractivity contribution is -0.160. The zero-order valence-corrected chi connectivity index (χ0v) is 18.0. The molecule has 3 rings (SSSR count). The Morgan fingerprint density at radius 2 is 1.90 bits per heavy atom. The molecule has 2 heterocycles. The smallest absolute Gasteiger partial charge is 0.401 e. The van der Waals surface area contributed by atoms with Gasteiger partial charge in [0.15, 0.2) is 0 Å². The molecule has 10 heteroatoms. The van der Waals surface area contributed by atoms with Crippen molar-refractivity contribution in [2.75, 3.05) is 39.3 Å². The summed E-state index contributed by atoms with van der Waals surface area (Å²) in [6.45, 7) is 1.06. The lowest BCUT2D eigenvalue weighted by Gasteiger charge is -2.38. The number of esters is 1. The molecule has 0 amide bonds. The third-order valence-electron chi connectivity index (χ3n) is 5.99. The number of halogens is 5. The monoisotopic (exact) mass is 463 g/mol. The topological polar surface area (TPSA) is 56.6 Å². The number of carbonyl (C=O) groups excluding carboxylic acids is 1. The molecule has 0 spiro atoms. The van der Waals surface area contributed by atoms with E-state index < -0.39 is 30.3 Å². The maximum Gasteiger partial charge on any atom is 0.401 e. The molecule has 0 aliphatic carbocycles. The van der Waals surface area contributed by atoms with Gasteiger partial charge in [-0.3, -0.25) is 10.3 Å². The second-order valence-electron chi connectivity index (χ2n) is 8.10. The quantitative estimate of drug-likeness (QED) is 0.307. The van der Waals surface area contributed by atoms with Gasteiger partial charge in [-0.25, -0.2) is 9.18 Å². The summed E-state index contributed by atoms with van der Waals surface area (Å²) in [5.41, 5.74) is -1.39. The van der Waals surface area contributed by atoms with Crippen molar-refractivity contribution in [3.05, 3.63) is 34.9 Å². The normalized spacial score (nSPS) is 24.3. The summed E-state index contributed by atoms with van der Waals surface area (Å²) in [6, 6.07) is 6.97. The van der Waals surface area contributed by atoms with Crippen LogP contribution in [0.4, 0.5) is 17.6 Å². The Labute approximate surface area is 183 Å². The van der Waals surface area contributed by atoms with Crippen molar-refractivity contribution in [2.45, 2.75) is 37.5 Å². The number of likely N-dealkylation sites (tertiary alicyclic amines) is 2. The van der Waals surface area contributed by atoms with Crippen LogP contribution in [0.2, 0.25) is 5.02 Å². The zero-order chi connectivity index (χ0) is 22.8. The molecule has 0 radical (unpaired) electrons. The fourth-order valence-electron chi connectivity index (χ4n) is 4.44. The number of ether oxygens (including phenoxy) is 1. The lowest BCUT2D eigenvalue weighted by Crippen LogP contribution is -2.50. The fraction of sp³-hybridized carbons (Fsp3) is 0.619. The van der Waals surface area contributed by atoms with E-state index in [1.807, 2.05) is 0 Å². The first-order valence-corrected chi connectivity index (χ1v) is 10.6. The van der Waals surface area contributed by atoms with E-state index >= 15 is 0 Å². The second-order valence-corrected chi connectivity index (χ2v) is 8.51. The van der Waals surface area contributed by atoms with Crippen molar-refractivity contribution < 1.29 is 27.1 Å². The Morgan fingerprint density at radius 3 is 2.48 bits per heavy atom. The van der Waals surface area contributed by atoms with Gasteiger partial charge in [0.2, 0.25) is 5.67 Å². The first-order chi connectivity index (χ1) is 14.5. The van der Waals surface area contributed by atoms with E-state index in [0.717, 1.165) is 0 Å². The highest BCUT2D eigenvalue weighted by atomic mass is 35.5. The molecule has 2 aliphatic rings. The SMILES string of the molecule is CCOC(=O)C1(F)CCN(C(=N)[C@H]2CN(CC(F)(F)F)C[C@H]2c2ccccc2Cl)CC1. The van der Waals surface area contributed by atoms with Crippen LogP contribution in [0.3, 0.4) is 0 Å². The molecule has 0 bridgehead atoms. The van der Waals surface area contributed by atoms with Gasteiger partial charge in [-0.15, -0.1) is 0 Å². The van der Waals surface area contributed by atoms with Crippen molar-refractivity contribution in [1.82, 2.24) is 9.80 Å². The fourth-order valence-corrected chi connectivity index (χ4v) is 4.71. The standard InChI is InChI=1S/C21H26ClF4N3O2/c1-2-31-19(30)20(23)7-9-29(10-8-20)18(27)16-12-28(13-21(24,25)26)11-15(16)14-5-3-4-6-17(14)22/h3-6,15-16,27H,2,7-13H2,1H3/t15-,16-/m0/s1. The van der Waals surface area contributed by atoms with Gasteiger partial charge in [0, 0.05) is 55.9 Å².